The van der Waals surface area contributed by atoms with E-state index in [4.69, 9.17) is 16.6 Å². The minimum Gasteiger partial charge on any atom is -0.345 e. The Balaban J connectivity index is 1.68. The lowest BCUT2D eigenvalue weighted by atomic mass is 10.1. The molecule has 0 spiro atoms. The molecule has 2 nitrogen and oxygen atoms in total. The highest BCUT2D eigenvalue weighted by Gasteiger charge is 2.12. The fourth-order valence-electron chi connectivity index (χ4n) is 3.06. The van der Waals surface area contributed by atoms with Crippen LogP contribution in [-0.2, 0) is 6.42 Å². The van der Waals surface area contributed by atoms with Crippen molar-refractivity contribution < 1.29 is 0 Å². The number of halogens is 1. The highest BCUT2D eigenvalue weighted by Crippen LogP contribution is 2.29. The van der Waals surface area contributed by atoms with Crippen LogP contribution in [-0.4, -0.2) is 9.97 Å². The van der Waals surface area contributed by atoms with E-state index in [1.807, 2.05) is 31.2 Å². The number of hydrogen-bond donors (Lipinski definition) is 1. The number of benzene rings is 3. The third-order valence-corrected chi connectivity index (χ3v) is 4.58. The summed E-state index contributed by atoms with van der Waals surface area (Å²) in [5.41, 5.74) is 4.18. The average molecular weight is 333 g/mol. The van der Waals surface area contributed by atoms with Crippen molar-refractivity contribution in [1.29, 1.82) is 0 Å². The van der Waals surface area contributed by atoms with E-state index < -0.39 is 0 Å². The largest absolute Gasteiger partial charge is 0.345 e. The molecule has 0 aliphatic heterocycles. The predicted octanol–water partition coefficient (Wildman–Crippen LogP) is 5.78. The second-order valence-corrected chi connectivity index (χ2v) is 6.40. The minimum absolute atomic E-state index is 0.726. The second kappa shape index (κ2) is 6.14. The van der Waals surface area contributed by atoms with Gasteiger partial charge in [-0.05, 0) is 29.3 Å². The summed E-state index contributed by atoms with van der Waals surface area (Å²) in [5, 5.41) is 3.24. The summed E-state index contributed by atoms with van der Waals surface area (Å²) in [7, 11) is 0. The molecule has 3 aromatic carbocycles. The first kappa shape index (κ1) is 15.0. The van der Waals surface area contributed by atoms with Crippen LogP contribution in [0.15, 0.2) is 66.7 Å². The number of rotatable bonds is 3. The van der Waals surface area contributed by atoms with Crippen LogP contribution in [0.25, 0.3) is 22.0 Å². The first-order valence-electron chi connectivity index (χ1n) is 7.99. The maximum absolute atomic E-state index is 6.31. The van der Waals surface area contributed by atoms with Crippen molar-refractivity contribution in [3.63, 3.8) is 0 Å². The van der Waals surface area contributed by atoms with Crippen LogP contribution in [0, 0.1) is 6.92 Å². The van der Waals surface area contributed by atoms with Crippen molar-refractivity contribution in [2.24, 2.45) is 0 Å². The van der Waals surface area contributed by atoms with Crippen LogP contribution >= 0.6 is 11.6 Å². The topological polar surface area (TPSA) is 28.7 Å². The Bertz CT molecular complexity index is 1020. The van der Waals surface area contributed by atoms with Crippen molar-refractivity contribution >= 4 is 22.4 Å². The molecule has 0 radical (unpaired) electrons. The molecule has 118 valence electrons. The van der Waals surface area contributed by atoms with Gasteiger partial charge in [0, 0.05) is 17.7 Å². The molecule has 3 heteroatoms. The Labute approximate surface area is 146 Å². The van der Waals surface area contributed by atoms with E-state index in [1.54, 1.807) is 0 Å². The number of fused-ring (bicyclic) bond motifs is 1. The van der Waals surface area contributed by atoms with Gasteiger partial charge in [-0.1, -0.05) is 72.3 Å². The van der Waals surface area contributed by atoms with Crippen molar-refractivity contribution in [2.45, 2.75) is 13.3 Å². The Kier molecular flexibility index (Phi) is 3.83. The highest BCUT2D eigenvalue weighted by atomic mass is 35.5. The summed E-state index contributed by atoms with van der Waals surface area (Å²) in [5.74, 6) is 0.956. The molecule has 0 saturated carbocycles. The fourth-order valence-corrected chi connectivity index (χ4v) is 3.29. The van der Waals surface area contributed by atoms with E-state index in [2.05, 4.69) is 47.4 Å². The van der Waals surface area contributed by atoms with Gasteiger partial charge in [-0.25, -0.2) is 4.98 Å². The van der Waals surface area contributed by atoms with Crippen LogP contribution in [0.5, 0.6) is 0 Å². The van der Waals surface area contributed by atoms with Crippen LogP contribution in [0.3, 0.4) is 0 Å². The molecule has 0 bridgehead atoms. The van der Waals surface area contributed by atoms with Crippen LogP contribution in [0.2, 0.25) is 5.02 Å². The number of aromatic nitrogens is 2. The van der Waals surface area contributed by atoms with Gasteiger partial charge >= 0.3 is 0 Å². The molecule has 1 aromatic heterocycles. The summed E-state index contributed by atoms with van der Waals surface area (Å²) in [6.07, 6.45) is 0.774. The van der Waals surface area contributed by atoms with E-state index in [-0.39, 0.29) is 0 Å². The molecule has 4 rings (SSSR count). The molecule has 0 atom stereocenters. The normalized spacial score (nSPS) is 11.1. The summed E-state index contributed by atoms with van der Waals surface area (Å²) in [6.45, 7) is 2.04. The number of imidazole rings is 1. The maximum Gasteiger partial charge on any atom is 0.111 e. The highest BCUT2D eigenvalue weighted by molar-refractivity contribution is 6.33. The molecule has 0 aliphatic rings. The third-order valence-electron chi connectivity index (χ3n) is 4.25. The summed E-state index contributed by atoms with van der Waals surface area (Å²) >= 11 is 6.31. The lowest BCUT2D eigenvalue weighted by Gasteiger charge is -2.02. The molecule has 0 amide bonds. The zero-order valence-electron chi connectivity index (χ0n) is 13.4. The van der Waals surface area contributed by atoms with Gasteiger partial charge in [0.15, 0.2) is 0 Å². The van der Waals surface area contributed by atoms with Crippen LogP contribution in [0.4, 0.5) is 0 Å². The Morgan fingerprint density at radius 1 is 0.917 bits per heavy atom. The van der Waals surface area contributed by atoms with Crippen molar-refractivity contribution in [3.8, 4) is 11.3 Å². The monoisotopic (exact) mass is 332 g/mol. The van der Waals surface area contributed by atoms with Gasteiger partial charge < -0.3 is 4.98 Å². The summed E-state index contributed by atoms with van der Waals surface area (Å²) in [4.78, 5) is 8.17. The van der Waals surface area contributed by atoms with Gasteiger partial charge in [0.05, 0.1) is 10.7 Å². The summed E-state index contributed by atoms with van der Waals surface area (Å²) in [6, 6.07) is 22.8. The fraction of sp³-hybridized carbons (Fsp3) is 0.0952. The molecule has 0 fully saturated rings. The van der Waals surface area contributed by atoms with Gasteiger partial charge in [-0.3, -0.25) is 0 Å². The van der Waals surface area contributed by atoms with Crippen LogP contribution in [0.1, 0.15) is 17.1 Å². The number of H-pyrrole nitrogens is 1. The van der Waals surface area contributed by atoms with Gasteiger partial charge in [0.2, 0.25) is 0 Å². The second-order valence-electron chi connectivity index (χ2n) is 6.00. The maximum atomic E-state index is 6.31. The molecule has 24 heavy (non-hydrogen) atoms. The van der Waals surface area contributed by atoms with E-state index in [0.717, 1.165) is 34.2 Å². The molecule has 0 unspecified atom stereocenters. The Morgan fingerprint density at radius 2 is 1.67 bits per heavy atom. The quantitative estimate of drug-likeness (QED) is 0.506. The zero-order valence-corrected chi connectivity index (χ0v) is 14.1. The molecule has 1 N–H and O–H groups in total. The lowest BCUT2D eigenvalue weighted by Crippen LogP contribution is -1.91. The van der Waals surface area contributed by atoms with Crippen molar-refractivity contribution in [1.82, 2.24) is 9.97 Å². The SMILES string of the molecule is Cc1[nH]c(Cc2ccc3ccccc3c2)nc1-c1ccccc1Cl. The van der Waals surface area contributed by atoms with Gasteiger partial charge in [-0.15, -0.1) is 0 Å². The first-order chi connectivity index (χ1) is 11.7. The number of nitrogens with zero attached hydrogens (tertiary/aromatic N) is 1. The van der Waals surface area contributed by atoms with E-state index >= 15 is 0 Å². The van der Waals surface area contributed by atoms with Crippen LogP contribution < -0.4 is 0 Å². The van der Waals surface area contributed by atoms with E-state index in [0.29, 0.717) is 0 Å². The zero-order chi connectivity index (χ0) is 16.5. The predicted molar refractivity (Wildman–Crippen MR) is 101 cm³/mol. The van der Waals surface area contributed by atoms with Gasteiger partial charge in [-0.2, -0.15) is 0 Å². The minimum atomic E-state index is 0.726. The Hall–Kier alpha value is -2.58. The number of nitrogens with one attached hydrogen (secondary N) is 1. The number of aromatic amines is 1. The van der Waals surface area contributed by atoms with E-state index in [9.17, 15) is 0 Å². The average Bonchev–Trinajstić information content (AvgIpc) is 2.95. The lowest BCUT2D eigenvalue weighted by molar-refractivity contribution is 1.02. The molecule has 1 heterocycles. The Morgan fingerprint density at radius 3 is 2.50 bits per heavy atom. The first-order valence-corrected chi connectivity index (χ1v) is 8.36. The smallest absolute Gasteiger partial charge is 0.111 e. The number of hydrogen-bond acceptors (Lipinski definition) is 1. The molecule has 4 aromatic rings. The molecular formula is C21H17ClN2. The molecule has 0 saturated heterocycles. The van der Waals surface area contributed by atoms with Gasteiger partial charge in [0.25, 0.3) is 0 Å². The number of aryl methyl sites for hydroxylation is 1. The standard InChI is InChI=1S/C21H17ClN2/c1-14-21(18-8-4-5-9-19(18)22)24-20(23-14)13-15-10-11-16-6-2-3-7-17(16)12-15/h2-12H,13H2,1H3,(H,23,24). The third kappa shape index (κ3) is 2.81. The van der Waals surface area contributed by atoms with Gasteiger partial charge in [0.1, 0.15) is 5.82 Å². The summed E-state index contributed by atoms with van der Waals surface area (Å²) < 4.78 is 0. The molecular weight excluding hydrogens is 316 g/mol. The van der Waals surface area contributed by atoms with E-state index in [1.165, 1.54) is 16.3 Å². The molecule has 0 aliphatic carbocycles. The van der Waals surface area contributed by atoms with Crippen molar-refractivity contribution in [2.75, 3.05) is 0 Å². The van der Waals surface area contributed by atoms with Crippen molar-refractivity contribution in [3.05, 3.63) is 88.8 Å².